The van der Waals surface area contributed by atoms with Crippen LogP contribution in [0.2, 0.25) is 0 Å². The highest BCUT2D eigenvalue weighted by atomic mass is 32.2. The molecule has 0 aromatic rings. The number of nitrogens with one attached hydrogen (secondary N) is 1. The second kappa shape index (κ2) is 6.69. The number of carbonyl (C=O) groups excluding carboxylic acids is 1. The monoisotopic (exact) mass is 280 g/mol. The van der Waals surface area contributed by atoms with Gasteiger partial charge in [0, 0.05) is 13.0 Å². The Morgan fingerprint density at radius 2 is 1.78 bits per heavy atom. The van der Waals surface area contributed by atoms with Crippen molar-refractivity contribution >= 4 is 21.9 Å². The van der Waals surface area contributed by atoms with E-state index in [0.29, 0.717) is 12.8 Å². The smallest absolute Gasteiger partial charge is 0.310 e. The van der Waals surface area contributed by atoms with Crippen molar-refractivity contribution in [1.29, 1.82) is 0 Å². The van der Waals surface area contributed by atoms with Crippen LogP contribution in [0.15, 0.2) is 0 Å². The van der Waals surface area contributed by atoms with E-state index in [0.717, 1.165) is 0 Å². The first-order valence-corrected chi connectivity index (χ1v) is 7.39. The van der Waals surface area contributed by atoms with E-state index in [1.165, 1.54) is 0 Å². The van der Waals surface area contributed by atoms with Gasteiger partial charge in [0.05, 0.1) is 11.2 Å². The molecule has 0 spiro atoms. The molecule has 0 saturated heterocycles. The molecule has 0 rings (SSSR count). The van der Waals surface area contributed by atoms with E-state index in [1.807, 2.05) is 0 Å². The molecular formula is C10H20N2O5S. The van der Waals surface area contributed by atoms with Crippen molar-refractivity contribution in [2.75, 3.05) is 12.3 Å². The van der Waals surface area contributed by atoms with E-state index in [4.69, 9.17) is 10.2 Å². The van der Waals surface area contributed by atoms with Crippen LogP contribution in [0.4, 0.5) is 0 Å². The second-order valence-corrected chi connectivity index (χ2v) is 5.92. The molecule has 0 saturated carbocycles. The highest BCUT2D eigenvalue weighted by Crippen LogP contribution is 2.30. The van der Waals surface area contributed by atoms with E-state index >= 15 is 0 Å². The molecule has 0 aliphatic heterocycles. The molecule has 1 amide bonds. The predicted octanol–water partition coefficient (Wildman–Crippen LogP) is -0.328. The lowest BCUT2D eigenvalue weighted by Crippen LogP contribution is -2.38. The SMILES string of the molecule is CCC(CC)(CC(=O)NCCS(N)(=O)=O)C(=O)O. The molecule has 106 valence electrons. The molecule has 0 fully saturated rings. The molecule has 0 aromatic heterocycles. The quantitative estimate of drug-likeness (QED) is 0.561. The van der Waals surface area contributed by atoms with Crippen molar-refractivity contribution in [3.63, 3.8) is 0 Å². The molecule has 0 heterocycles. The van der Waals surface area contributed by atoms with Gasteiger partial charge < -0.3 is 10.4 Å². The van der Waals surface area contributed by atoms with Crippen LogP contribution in [0.5, 0.6) is 0 Å². The molecule has 0 aromatic carbocycles. The van der Waals surface area contributed by atoms with Crippen LogP contribution in [0, 0.1) is 5.41 Å². The fourth-order valence-corrected chi connectivity index (χ4v) is 1.97. The van der Waals surface area contributed by atoms with Gasteiger partial charge in [-0.3, -0.25) is 9.59 Å². The summed E-state index contributed by atoms with van der Waals surface area (Å²) in [5.41, 5.74) is -1.09. The molecule has 0 unspecified atom stereocenters. The zero-order chi connectivity index (χ0) is 14.4. The summed E-state index contributed by atoms with van der Waals surface area (Å²) in [6.07, 6.45) is 0.503. The maximum absolute atomic E-state index is 11.6. The van der Waals surface area contributed by atoms with E-state index in [-0.39, 0.29) is 18.7 Å². The predicted molar refractivity (Wildman–Crippen MR) is 66.3 cm³/mol. The summed E-state index contributed by atoms with van der Waals surface area (Å²) in [4.78, 5) is 22.7. The largest absolute Gasteiger partial charge is 0.481 e. The first-order chi connectivity index (χ1) is 8.17. The van der Waals surface area contributed by atoms with Gasteiger partial charge in [0.15, 0.2) is 0 Å². The van der Waals surface area contributed by atoms with Gasteiger partial charge in [-0.15, -0.1) is 0 Å². The zero-order valence-electron chi connectivity index (χ0n) is 10.6. The third kappa shape index (κ3) is 5.46. The summed E-state index contributed by atoms with van der Waals surface area (Å²) >= 11 is 0. The molecule has 0 aliphatic carbocycles. The minimum atomic E-state index is -3.62. The number of aliphatic carboxylic acids is 1. The van der Waals surface area contributed by atoms with Crippen LogP contribution in [0.3, 0.4) is 0 Å². The van der Waals surface area contributed by atoms with Gasteiger partial charge in [-0.2, -0.15) is 0 Å². The number of amides is 1. The second-order valence-electron chi connectivity index (χ2n) is 4.19. The van der Waals surface area contributed by atoms with Gasteiger partial charge in [0.2, 0.25) is 15.9 Å². The van der Waals surface area contributed by atoms with Gasteiger partial charge in [0.1, 0.15) is 0 Å². The fourth-order valence-electron chi connectivity index (χ4n) is 1.58. The first-order valence-electron chi connectivity index (χ1n) is 5.67. The number of sulfonamides is 1. The number of carbonyl (C=O) groups is 2. The van der Waals surface area contributed by atoms with Gasteiger partial charge >= 0.3 is 5.97 Å². The minimum absolute atomic E-state index is 0.110. The van der Waals surface area contributed by atoms with E-state index in [1.54, 1.807) is 13.8 Å². The Labute approximate surface area is 107 Å². The summed E-state index contributed by atoms with van der Waals surface area (Å²) in [5, 5.41) is 16.3. The molecule has 0 bridgehead atoms. The van der Waals surface area contributed by atoms with Crippen LogP contribution in [-0.4, -0.2) is 37.7 Å². The lowest BCUT2D eigenvalue weighted by molar-refractivity contribution is -0.152. The lowest BCUT2D eigenvalue weighted by atomic mass is 9.79. The number of carboxylic acid groups (broad SMARTS) is 1. The molecule has 0 radical (unpaired) electrons. The molecule has 0 atom stereocenters. The molecule has 18 heavy (non-hydrogen) atoms. The molecule has 7 nitrogen and oxygen atoms in total. The normalized spacial score (nSPS) is 12.2. The van der Waals surface area contributed by atoms with Crippen LogP contribution in [0.25, 0.3) is 0 Å². The first kappa shape index (κ1) is 16.9. The Kier molecular flexibility index (Phi) is 6.27. The summed E-state index contributed by atoms with van der Waals surface area (Å²) < 4.78 is 21.3. The van der Waals surface area contributed by atoms with E-state index in [2.05, 4.69) is 5.32 Å². The van der Waals surface area contributed by atoms with Crippen LogP contribution >= 0.6 is 0 Å². The number of rotatable bonds is 8. The summed E-state index contributed by atoms with van der Waals surface area (Å²) in [6.45, 7) is 3.30. The standard InChI is InChI=1S/C10H20N2O5S/c1-3-10(4-2,9(14)15)7-8(13)12-5-6-18(11,16)17/h3-7H2,1-2H3,(H,12,13)(H,14,15)(H2,11,16,17). The van der Waals surface area contributed by atoms with Crippen molar-refractivity contribution in [1.82, 2.24) is 5.32 Å². The Morgan fingerprint density at radius 1 is 1.28 bits per heavy atom. The van der Waals surface area contributed by atoms with Crippen LogP contribution in [0.1, 0.15) is 33.1 Å². The van der Waals surface area contributed by atoms with Crippen molar-refractivity contribution < 1.29 is 23.1 Å². The summed E-state index contributed by atoms with van der Waals surface area (Å²) in [6, 6.07) is 0. The third-order valence-electron chi connectivity index (χ3n) is 3.01. The Bertz CT molecular complexity index is 400. The molecule has 8 heteroatoms. The maximum atomic E-state index is 11.6. The third-order valence-corrected chi connectivity index (χ3v) is 3.79. The fraction of sp³-hybridized carbons (Fsp3) is 0.800. The summed E-state index contributed by atoms with van der Waals surface area (Å²) in [5.74, 6) is -1.87. The Balaban J connectivity index is 4.41. The average molecular weight is 280 g/mol. The number of primary sulfonamides is 1. The van der Waals surface area contributed by atoms with E-state index in [9.17, 15) is 18.0 Å². The van der Waals surface area contributed by atoms with Crippen molar-refractivity contribution in [2.45, 2.75) is 33.1 Å². The number of nitrogens with two attached hydrogens (primary N) is 1. The lowest BCUT2D eigenvalue weighted by Gasteiger charge is -2.25. The van der Waals surface area contributed by atoms with Crippen molar-refractivity contribution in [3.8, 4) is 0 Å². The van der Waals surface area contributed by atoms with Gasteiger partial charge in [-0.1, -0.05) is 13.8 Å². The zero-order valence-corrected chi connectivity index (χ0v) is 11.4. The van der Waals surface area contributed by atoms with Gasteiger partial charge in [0.25, 0.3) is 0 Å². The molecule has 4 N–H and O–H groups in total. The van der Waals surface area contributed by atoms with Crippen LogP contribution in [-0.2, 0) is 19.6 Å². The van der Waals surface area contributed by atoms with E-state index < -0.39 is 27.3 Å². The number of carboxylic acids is 1. The van der Waals surface area contributed by atoms with Gasteiger partial charge in [-0.05, 0) is 12.8 Å². The summed E-state index contributed by atoms with van der Waals surface area (Å²) in [7, 11) is -3.62. The number of hydrogen-bond acceptors (Lipinski definition) is 4. The molecular weight excluding hydrogens is 260 g/mol. The van der Waals surface area contributed by atoms with Crippen LogP contribution < -0.4 is 10.5 Å². The maximum Gasteiger partial charge on any atom is 0.310 e. The minimum Gasteiger partial charge on any atom is -0.481 e. The number of hydrogen-bond donors (Lipinski definition) is 3. The highest BCUT2D eigenvalue weighted by Gasteiger charge is 2.36. The van der Waals surface area contributed by atoms with Crippen molar-refractivity contribution in [2.24, 2.45) is 10.6 Å². The van der Waals surface area contributed by atoms with Gasteiger partial charge in [-0.25, -0.2) is 13.6 Å². The highest BCUT2D eigenvalue weighted by molar-refractivity contribution is 7.89. The topological polar surface area (TPSA) is 127 Å². The van der Waals surface area contributed by atoms with Crippen molar-refractivity contribution in [3.05, 3.63) is 0 Å². The Morgan fingerprint density at radius 3 is 2.11 bits per heavy atom. The Hall–Kier alpha value is -1.15. The molecule has 0 aliphatic rings. The average Bonchev–Trinajstić information content (AvgIpc) is 2.23.